The summed E-state index contributed by atoms with van der Waals surface area (Å²) in [7, 11) is 6.62. The van der Waals surface area contributed by atoms with Gasteiger partial charge < -0.3 is 59.9 Å². The summed E-state index contributed by atoms with van der Waals surface area (Å²) in [4.78, 5) is 124. The summed E-state index contributed by atoms with van der Waals surface area (Å²) in [5.41, 5.74) is 9.41. The number of anilines is 1. The number of nitrogens with zero attached hydrogens (tertiary/aromatic N) is 5. The summed E-state index contributed by atoms with van der Waals surface area (Å²) in [5.74, 6) is -3.06. The Kier molecular flexibility index (Phi) is 36.4. The average molecular weight is 1340 g/mol. The SMILES string of the molecule is CC(C)[C@H](CC(=O)CCOCc1ccc([N+]#N)cc1)C(=O)NC(=O)NCCCC(N)C(=O)Nc1ccc(COC(=O)N(C)[C@H](C)C(C)C)cc1.CC[C@H](C)[C@@H](C(CC(=O)N1CCC[C@H]1[C@H](OC)[C@@H](C)C(=O)C[C@H](C)[C@@H](O)c1ccccc1)OC)N(C)C(=O)[C@@H](CC(C)=O)C(C)C. The molecule has 1 saturated heterocycles. The number of likely N-dealkylation sites (N-methyl/N-ethyl adjacent to an activating group) is 1. The van der Waals surface area contributed by atoms with Crippen molar-refractivity contribution in [3.63, 3.8) is 0 Å². The van der Waals surface area contributed by atoms with E-state index in [2.05, 4.69) is 34.8 Å². The molecule has 532 valence electrons. The van der Waals surface area contributed by atoms with Gasteiger partial charge in [0.15, 0.2) is 4.98 Å². The zero-order chi connectivity index (χ0) is 71.9. The van der Waals surface area contributed by atoms with Gasteiger partial charge in [0.1, 0.15) is 24.0 Å². The number of diazo groups is 1. The van der Waals surface area contributed by atoms with Crippen molar-refractivity contribution in [3.8, 4) is 0 Å². The highest BCUT2D eigenvalue weighted by Gasteiger charge is 2.43. The Hall–Kier alpha value is -7.49. The van der Waals surface area contributed by atoms with Crippen LogP contribution in [-0.4, -0.2) is 157 Å². The Morgan fingerprint density at radius 1 is 0.740 bits per heavy atom. The Morgan fingerprint density at radius 2 is 1.35 bits per heavy atom. The number of aliphatic hydroxyl groups excluding tert-OH is 1. The summed E-state index contributed by atoms with van der Waals surface area (Å²) >= 11 is 0. The lowest BCUT2D eigenvalue weighted by atomic mass is 9.85. The van der Waals surface area contributed by atoms with Crippen LogP contribution in [0.15, 0.2) is 78.9 Å². The third-order valence-electron chi connectivity index (χ3n) is 18.6. The molecular weight excluding hydrogens is 1230 g/mol. The Morgan fingerprint density at radius 3 is 1.92 bits per heavy atom. The molecule has 23 nitrogen and oxygen atoms in total. The fourth-order valence-electron chi connectivity index (χ4n) is 11.8. The summed E-state index contributed by atoms with van der Waals surface area (Å²) in [6.45, 7) is 24.2. The summed E-state index contributed by atoms with van der Waals surface area (Å²) in [6, 6.07) is 20.9. The lowest BCUT2D eigenvalue weighted by molar-refractivity contribution is -0.148. The van der Waals surface area contributed by atoms with Crippen LogP contribution < -0.4 is 21.7 Å². The van der Waals surface area contributed by atoms with E-state index in [9.17, 15) is 48.3 Å². The third-order valence-corrected chi connectivity index (χ3v) is 18.6. The number of nitrogens with one attached hydrogen (secondary N) is 3. The van der Waals surface area contributed by atoms with Crippen LogP contribution in [-0.2, 0) is 65.7 Å². The second-order valence-electron chi connectivity index (χ2n) is 26.8. The van der Waals surface area contributed by atoms with Crippen LogP contribution in [0.1, 0.15) is 170 Å². The summed E-state index contributed by atoms with van der Waals surface area (Å²) < 4.78 is 22.8. The molecule has 1 aliphatic heterocycles. The van der Waals surface area contributed by atoms with Gasteiger partial charge in [0.2, 0.25) is 29.0 Å². The number of carbonyl (C=O) groups excluding carboxylic acids is 9. The van der Waals surface area contributed by atoms with Crippen LogP contribution in [0.4, 0.5) is 21.0 Å². The van der Waals surface area contributed by atoms with E-state index in [4.69, 9.17) is 30.1 Å². The van der Waals surface area contributed by atoms with Gasteiger partial charge in [0.05, 0.1) is 56.1 Å². The monoisotopic (exact) mass is 1340 g/mol. The largest absolute Gasteiger partial charge is 0.445 e. The predicted molar refractivity (Wildman–Crippen MR) is 369 cm³/mol. The minimum absolute atomic E-state index is 0.00867. The van der Waals surface area contributed by atoms with Crippen molar-refractivity contribution in [3.05, 3.63) is 101 Å². The van der Waals surface area contributed by atoms with E-state index >= 15 is 0 Å². The number of aliphatic hydroxyl groups is 1. The summed E-state index contributed by atoms with van der Waals surface area (Å²) in [6.07, 6.45) is 1.32. The van der Waals surface area contributed by atoms with Crippen molar-refractivity contribution in [1.82, 2.24) is 25.3 Å². The van der Waals surface area contributed by atoms with Crippen LogP contribution >= 0.6 is 0 Å². The lowest BCUT2D eigenvalue weighted by Crippen LogP contribution is -2.54. The van der Waals surface area contributed by atoms with Crippen molar-refractivity contribution < 1.29 is 67.2 Å². The maximum absolute atomic E-state index is 14.0. The van der Waals surface area contributed by atoms with E-state index in [1.807, 2.05) is 83.7 Å². The zero-order valence-electron chi connectivity index (χ0n) is 59.8. The molecule has 23 heteroatoms. The van der Waals surface area contributed by atoms with Gasteiger partial charge in [0.25, 0.3) is 0 Å². The van der Waals surface area contributed by atoms with Crippen molar-refractivity contribution in [2.75, 3.05) is 53.3 Å². The molecule has 1 fully saturated rings. The maximum Gasteiger partial charge on any atom is 0.410 e. The van der Waals surface area contributed by atoms with E-state index in [1.54, 1.807) is 100 Å². The Balaban J connectivity index is 0.000000502. The van der Waals surface area contributed by atoms with Gasteiger partial charge in [-0.05, 0) is 110 Å². The first-order chi connectivity index (χ1) is 45.4. The number of likely N-dealkylation sites (tertiary alicyclic amines) is 1. The topological polar surface area (TPSA) is 311 Å². The molecule has 2 unspecified atom stereocenters. The number of rotatable bonds is 38. The van der Waals surface area contributed by atoms with E-state index in [0.29, 0.717) is 30.3 Å². The highest BCUT2D eigenvalue weighted by Crippen LogP contribution is 2.33. The lowest BCUT2D eigenvalue weighted by Gasteiger charge is -2.40. The molecule has 3 aromatic rings. The normalized spacial score (nSPS) is 16.4. The molecular formula is C73H112N9O14+. The number of urea groups is 1. The standard InChI is InChI=1S/C37H60N2O7.C36H51N7O7/c1-11-24(4)34(38(8)37(44)29(23(2)3)21-26(6)40)32(45-9)22-33(42)39-19-15-18-30(39)36(46-10)27(7)31(41)20-25(5)35(43)28-16-13-12-14-17-28;1-23(2)25(5)43(6)36(48)50-22-27-9-13-28(14-10-27)40-34(46)32(37)8-7-18-39-35(47)41-33(45)31(24(3)4)20-30(44)17-19-49-21-26-11-15-29(42-38)16-12-26/h12-14,16-17,23-25,27,29-30,32,34-36,43H,11,15,18-22H2,1-10H3;9-16,23-25,31-32H,7-8,17-22,37H2,1-6H3,(H2-,39,40,41,45,46,47)/p+1/t24-,25-,27-,29-,30-,32?,34-,35+,36+;25-,31+,32?/m01/s1. The highest BCUT2D eigenvalue weighted by atomic mass is 16.6. The van der Waals surface area contributed by atoms with Gasteiger partial charge in [-0.15, -0.1) is 0 Å². The molecule has 0 radical (unpaired) electrons. The third kappa shape index (κ3) is 26.8. The number of hydrogen-bond donors (Lipinski definition) is 5. The quantitative estimate of drug-likeness (QED) is 0.0263. The van der Waals surface area contributed by atoms with Gasteiger partial charge in [-0.3, -0.25) is 34.1 Å². The molecule has 1 aliphatic rings. The van der Waals surface area contributed by atoms with Gasteiger partial charge in [-0.1, -0.05) is 118 Å². The van der Waals surface area contributed by atoms with Crippen LogP contribution in [0, 0.1) is 52.7 Å². The molecule has 0 aliphatic carbocycles. The second-order valence-corrected chi connectivity index (χ2v) is 26.8. The van der Waals surface area contributed by atoms with Gasteiger partial charge in [-0.2, -0.15) is 0 Å². The molecule has 0 saturated carbocycles. The second kappa shape index (κ2) is 42.2. The van der Waals surface area contributed by atoms with Crippen molar-refractivity contribution >= 4 is 64.5 Å². The number of ketones is 3. The number of Topliss-reactive ketones (excluding diaryl/α,β-unsaturated/α-hetero) is 3. The molecule has 0 bridgehead atoms. The number of methoxy groups -OCH3 is 2. The fourth-order valence-corrected chi connectivity index (χ4v) is 11.8. The molecule has 4 rings (SSSR count). The number of benzene rings is 3. The molecule has 12 atom stereocenters. The highest BCUT2D eigenvalue weighted by molar-refractivity contribution is 5.97. The molecule has 0 aromatic heterocycles. The van der Waals surface area contributed by atoms with E-state index in [-0.39, 0.29) is 136 Å². The number of amides is 7. The number of hydrogen-bond acceptors (Lipinski definition) is 16. The molecule has 1 heterocycles. The van der Waals surface area contributed by atoms with Gasteiger partial charge in [0, 0.05) is 109 Å². The van der Waals surface area contributed by atoms with Crippen molar-refractivity contribution in [1.29, 1.82) is 5.39 Å². The molecule has 6 N–H and O–H groups in total. The molecule has 3 aromatic carbocycles. The molecule has 96 heavy (non-hydrogen) atoms. The minimum Gasteiger partial charge on any atom is -0.445 e. The van der Waals surface area contributed by atoms with E-state index in [1.165, 1.54) is 6.92 Å². The minimum atomic E-state index is -0.830. The number of carbonyl (C=O) groups is 9. The Labute approximate surface area is 570 Å². The first-order valence-electron chi connectivity index (χ1n) is 33.9. The van der Waals surface area contributed by atoms with E-state index < -0.39 is 66.0 Å². The first kappa shape index (κ1) is 82.7. The van der Waals surface area contributed by atoms with Crippen molar-refractivity contribution in [2.45, 2.75) is 203 Å². The maximum atomic E-state index is 14.0. The average Bonchev–Trinajstić information content (AvgIpc) is 1.59. The van der Waals surface area contributed by atoms with Crippen molar-refractivity contribution in [2.24, 2.45) is 53.1 Å². The fraction of sp³-hybridized carbons (Fsp3) is 0.630. The Bertz CT molecular complexity index is 2980. The number of imide groups is 1. The van der Waals surface area contributed by atoms with Crippen LogP contribution in [0.5, 0.6) is 0 Å². The number of ether oxygens (including phenoxy) is 4. The van der Waals surface area contributed by atoms with Crippen LogP contribution in [0.3, 0.4) is 0 Å². The smallest absolute Gasteiger partial charge is 0.410 e. The molecule has 7 amide bonds. The van der Waals surface area contributed by atoms with Crippen LogP contribution in [0.2, 0.25) is 0 Å². The zero-order valence-corrected chi connectivity index (χ0v) is 59.8. The molecule has 0 spiro atoms. The predicted octanol–water partition coefficient (Wildman–Crippen LogP) is 11.0. The van der Waals surface area contributed by atoms with E-state index in [0.717, 1.165) is 36.0 Å². The first-order valence-corrected chi connectivity index (χ1v) is 33.9. The number of nitrogens with two attached hydrogens (primary N) is 1. The van der Waals surface area contributed by atoms with Gasteiger partial charge >= 0.3 is 17.8 Å². The van der Waals surface area contributed by atoms with Crippen LogP contribution in [0.25, 0.3) is 4.98 Å². The summed E-state index contributed by atoms with van der Waals surface area (Å²) in [5, 5.41) is 27.2. The van der Waals surface area contributed by atoms with Gasteiger partial charge in [-0.25, -0.2) is 9.59 Å².